The first-order chi connectivity index (χ1) is 10.6. The summed E-state index contributed by atoms with van der Waals surface area (Å²) in [6.45, 7) is 0.171. The van der Waals surface area contributed by atoms with Crippen LogP contribution in [0.1, 0.15) is 23.3 Å². The fourth-order valence-corrected chi connectivity index (χ4v) is 2.22. The van der Waals surface area contributed by atoms with Crippen LogP contribution in [0.25, 0.3) is 0 Å². The minimum absolute atomic E-state index is 0.171. The average Bonchev–Trinajstić information content (AvgIpc) is 2.53. The van der Waals surface area contributed by atoms with Crippen LogP contribution in [0.15, 0.2) is 60.7 Å². The smallest absolute Gasteiger partial charge is 0.320 e. The maximum absolute atomic E-state index is 12.0. The minimum Gasteiger partial charge on any atom is -0.453 e. The predicted octanol–water partition coefficient (Wildman–Crippen LogP) is 2.57. The van der Waals surface area contributed by atoms with Gasteiger partial charge in [-0.15, -0.1) is 0 Å². The number of hydrogen-bond donors (Lipinski definition) is 1. The molecule has 1 N–H and O–H groups in total. The van der Waals surface area contributed by atoms with Crippen LogP contribution in [0.5, 0.6) is 0 Å². The van der Waals surface area contributed by atoms with Gasteiger partial charge in [0.2, 0.25) is 0 Å². The molecule has 2 rings (SSSR count). The van der Waals surface area contributed by atoms with Crippen LogP contribution < -0.4 is 0 Å². The summed E-state index contributed by atoms with van der Waals surface area (Å²) in [7, 11) is 3.60. The summed E-state index contributed by atoms with van der Waals surface area (Å²) in [5, 5.41) is 10.6. The lowest BCUT2D eigenvalue weighted by Crippen LogP contribution is -2.27. The van der Waals surface area contributed by atoms with Gasteiger partial charge in [0, 0.05) is 0 Å². The molecule has 0 radical (unpaired) electrons. The SMILES string of the molecule is CN(C)CC(=O)O[C@@H](c1ccccc1)[C@@H](O)c1ccccc1. The Morgan fingerprint density at radius 3 is 2.00 bits per heavy atom. The topological polar surface area (TPSA) is 49.8 Å². The molecule has 4 heteroatoms. The highest BCUT2D eigenvalue weighted by Gasteiger charge is 2.26. The van der Waals surface area contributed by atoms with Crippen LogP contribution in [-0.2, 0) is 9.53 Å². The van der Waals surface area contributed by atoms with Crippen LogP contribution >= 0.6 is 0 Å². The largest absolute Gasteiger partial charge is 0.453 e. The Bertz CT molecular complexity index is 584. The second-order valence-corrected chi connectivity index (χ2v) is 5.41. The number of nitrogens with zero attached hydrogens (tertiary/aromatic N) is 1. The number of hydrogen-bond acceptors (Lipinski definition) is 4. The Labute approximate surface area is 131 Å². The summed E-state index contributed by atoms with van der Waals surface area (Å²) in [5.41, 5.74) is 1.49. The quantitative estimate of drug-likeness (QED) is 0.833. The lowest BCUT2D eigenvalue weighted by atomic mass is 9.98. The van der Waals surface area contributed by atoms with Gasteiger partial charge < -0.3 is 9.84 Å². The number of carbonyl (C=O) groups is 1. The van der Waals surface area contributed by atoms with Crippen molar-refractivity contribution in [1.82, 2.24) is 4.90 Å². The van der Waals surface area contributed by atoms with Crippen molar-refractivity contribution in [2.24, 2.45) is 0 Å². The van der Waals surface area contributed by atoms with Crippen LogP contribution in [0.3, 0.4) is 0 Å². The number of esters is 1. The van der Waals surface area contributed by atoms with Crippen molar-refractivity contribution in [3.8, 4) is 0 Å². The molecule has 0 saturated heterocycles. The van der Waals surface area contributed by atoms with E-state index in [1.807, 2.05) is 60.7 Å². The van der Waals surface area contributed by atoms with E-state index in [0.29, 0.717) is 5.56 Å². The maximum atomic E-state index is 12.0. The van der Waals surface area contributed by atoms with Crippen molar-refractivity contribution >= 4 is 5.97 Å². The van der Waals surface area contributed by atoms with E-state index in [-0.39, 0.29) is 12.5 Å². The standard InChI is InChI=1S/C18H21NO3/c1-19(2)13-16(20)22-18(15-11-7-4-8-12-15)17(21)14-9-5-3-6-10-14/h3-12,17-18,21H,13H2,1-2H3/t17-,18-/m0/s1. The Morgan fingerprint density at radius 1 is 1.00 bits per heavy atom. The van der Waals surface area contributed by atoms with Gasteiger partial charge in [-0.2, -0.15) is 0 Å². The number of benzene rings is 2. The summed E-state index contributed by atoms with van der Waals surface area (Å²) < 4.78 is 5.53. The number of rotatable bonds is 6. The maximum Gasteiger partial charge on any atom is 0.320 e. The van der Waals surface area contributed by atoms with Crippen molar-refractivity contribution in [1.29, 1.82) is 0 Å². The lowest BCUT2D eigenvalue weighted by molar-refractivity contribution is -0.156. The zero-order valence-electron chi connectivity index (χ0n) is 12.8. The first kappa shape index (κ1) is 16.2. The molecule has 2 atom stereocenters. The van der Waals surface area contributed by atoms with E-state index in [2.05, 4.69) is 0 Å². The molecule has 0 spiro atoms. The molecule has 0 amide bonds. The Morgan fingerprint density at radius 2 is 1.50 bits per heavy atom. The lowest BCUT2D eigenvalue weighted by Gasteiger charge is -2.24. The summed E-state index contributed by atoms with van der Waals surface area (Å²) in [6, 6.07) is 18.5. The summed E-state index contributed by atoms with van der Waals surface area (Å²) >= 11 is 0. The molecule has 4 nitrogen and oxygen atoms in total. The van der Waals surface area contributed by atoms with E-state index in [4.69, 9.17) is 4.74 Å². The Balaban J connectivity index is 2.24. The van der Waals surface area contributed by atoms with Crippen LogP contribution in [-0.4, -0.2) is 36.6 Å². The van der Waals surface area contributed by atoms with Crippen molar-refractivity contribution in [2.75, 3.05) is 20.6 Å². The molecule has 116 valence electrons. The third-order valence-electron chi connectivity index (χ3n) is 3.26. The van der Waals surface area contributed by atoms with E-state index in [0.717, 1.165) is 5.56 Å². The van der Waals surface area contributed by atoms with Gasteiger partial charge in [0.1, 0.15) is 6.10 Å². The second kappa shape index (κ2) is 7.73. The molecule has 0 saturated carbocycles. The average molecular weight is 299 g/mol. The van der Waals surface area contributed by atoms with Gasteiger partial charge in [0.25, 0.3) is 0 Å². The second-order valence-electron chi connectivity index (χ2n) is 5.41. The van der Waals surface area contributed by atoms with Crippen LogP contribution in [0.4, 0.5) is 0 Å². The fraction of sp³-hybridized carbons (Fsp3) is 0.278. The highest BCUT2D eigenvalue weighted by atomic mass is 16.6. The van der Waals surface area contributed by atoms with E-state index in [1.54, 1.807) is 19.0 Å². The van der Waals surface area contributed by atoms with E-state index in [9.17, 15) is 9.90 Å². The van der Waals surface area contributed by atoms with Gasteiger partial charge in [-0.05, 0) is 25.2 Å². The molecule has 0 aliphatic carbocycles. The highest BCUT2D eigenvalue weighted by molar-refractivity contribution is 5.72. The van der Waals surface area contributed by atoms with Gasteiger partial charge in [0.05, 0.1) is 6.54 Å². The first-order valence-corrected chi connectivity index (χ1v) is 7.20. The molecular formula is C18H21NO3. The number of carbonyl (C=O) groups excluding carboxylic acids is 1. The normalized spacial score (nSPS) is 13.6. The molecule has 0 unspecified atom stereocenters. The fourth-order valence-electron chi connectivity index (χ4n) is 2.22. The third kappa shape index (κ3) is 4.41. The molecular weight excluding hydrogens is 278 g/mol. The zero-order valence-corrected chi connectivity index (χ0v) is 12.8. The number of likely N-dealkylation sites (N-methyl/N-ethyl adjacent to an activating group) is 1. The van der Waals surface area contributed by atoms with Crippen molar-refractivity contribution in [3.63, 3.8) is 0 Å². The molecule has 0 fully saturated rings. The number of ether oxygens (including phenoxy) is 1. The van der Waals surface area contributed by atoms with Gasteiger partial charge >= 0.3 is 5.97 Å². The van der Waals surface area contributed by atoms with E-state index in [1.165, 1.54) is 0 Å². The van der Waals surface area contributed by atoms with Gasteiger partial charge in [-0.1, -0.05) is 60.7 Å². The predicted molar refractivity (Wildman–Crippen MR) is 85.2 cm³/mol. The third-order valence-corrected chi connectivity index (χ3v) is 3.26. The zero-order chi connectivity index (χ0) is 15.9. The van der Waals surface area contributed by atoms with Crippen LogP contribution in [0, 0.1) is 0 Å². The molecule has 0 heterocycles. The summed E-state index contributed by atoms with van der Waals surface area (Å²) in [4.78, 5) is 13.7. The van der Waals surface area contributed by atoms with Gasteiger partial charge in [-0.3, -0.25) is 9.69 Å². The van der Waals surface area contributed by atoms with Crippen LogP contribution in [0.2, 0.25) is 0 Å². The summed E-state index contributed by atoms with van der Waals surface area (Å²) in [5.74, 6) is -0.367. The number of aliphatic hydroxyl groups is 1. The van der Waals surface area contributed by atoms with Gasteiger partial charge in [0.15, 0.2) is 6.10 Å². The van der Waals surface area contributed by atoms with Gasteiger partial charge in [-0.25, -0.2) is 0 Å². The Hall–Kier alpha value is -2.17. The molecule has 2 aromatic rings. The Kier molecular flexibility index (Phi) is 5.69. The molecule has 22 heavy (non-hydrogen) atoms. The molecule has 2 aromatic carbocycles. The molecule has 0 aliphatic heterocycles. The first-order valence-electron chi connectivity index (χ1n) is 7.20. The molecule has 0 aromatic heterocycles. The highest BCUT2D eigenvalue weighted by Crippen LogP contribution is 2.32. The van der Waals surface area contributed by atoms with E-state index >= 15 is 0 Å². The molecule has 0 aliphatic rings. The monoisotopic (exact) mass is 299 g/mol. The summed E-state index contributed by atoms with van der Waals surface area (Å²) in [6.07, 6.45) is -1.63. The molecule has 0 bridgehead atoms. The minimum atomic E-state index is -0.908. The van der Waals surface area contributed by atoms with E-state index < -0.39 is 12.2 Å². The van der Waals surface area contributed by atoms with Crippen molar-refractivity contribution in [3.05, 3.63) is 71.8 Å². The van der Waals surface area contributed by atoms with Crippen molar-refractivity contribution in [2.45, 2.75) is 12.2 Å². The number of aliphatic hydroxyl groups excluding tert-OH is 1. The van der Waals surface area contributed by atoms with Crippen molar-refractivity contribution < 1.29 is 14.6 Å².